The highest BCUT2D eigenvalue weighted by Gasteiger charge is 2.17. The van der Waals surface area contributed by atoms with Crippen molar-refractivity contribution in [2.75, 3.05) is 0 Å². The van der Waals surface area contributed by atoms with E-state index in [0.717, 1.165) is 27.6 Å². The molecule has 108 valence electrons. The summed E-state index contributed by atoms with van der Waals surface area (Å²) in [4.78, 5) is 0. The predicted molar refractivity (Wildman–Crippen MR) is 89.1 cm³/mol. The Hall–Kier alpha value is -1.33. The Balaban J connectivity index is 1.93. The highest BCUT2D eigenvalue weighted by atomic mass is 79.9. The number of rotatable bonds is 4. The molecule has 0 aliphatic rings. The zero-order valence-electron chi connectivity index (χ0n) is 11.1. The molecule has 1 aromatic heterocycles. The van der Waals surface area contributed by atoms with Gasteiger partial charge in [-0.15, -0.1) is 0 Å². The molecule has 0 amide bonds. The maximum Gasteiger partial charge on any atom is 0.134 e. The van der Waals surface area contributed by atoms with Gasteiger partial charge in [0.15, 0.2) is 0 Å². The molecule has 0 radical (unpaired) electrons. The molecule has 3 N–H and O–H groups in total. The highest BCUT2D eigenvalue weighted by molar-refractivity contribution is 9.10. The van der Waals surface area contributed by atoms with Crippen LogP contribution in [0.2, 0.25) is 5.02 Å². The molecule has 0 spiro atoms. The van der Waals surface area contributed by atoms with Crippen molar-refractivity contribution in [3.63, 3.8) is 0 Å². The number of fused-ring (bicyclic) bond motifs is 1. The molecule has 5 heteroatoms. The Morgan fingerprint density at radius 1 is 1.19 bits per heavy atom. The molecule has 3 rings (SSSR count). The van der Waals surface area contributed by atoms with E-state index >= 15 is 0 Å². The number of hydrogen-bond acceptors (Lipinski definition) is 3. The Kier molecular flexibility index (Phi) is 4.31. The average Bonchev–Trinajstić information content (AvgIpc) is 2.89. The molecule has 0 aliphatic heterocycles. The van der Waals surface area contributed by atoms with Crippen LogP contribution >= 0.6 is 27.5 Å². The van der Waals surface area contributed by atoms with E-state index in [1.165, 1.54) is 5.56 Å². The first-order chi connectivity index (χ1) is 10.2. The molecule has 0 saturated carbocycles. The zero-order chi connectivity index (χ0) is 14.8. The molecule has 0 aliphatic carbocycles. The Morgan fingerprint density at radius 3 is 2.76 bits per heavy atom. The van der Waals surface area contributed by atoms with Crippen LogP contribution < -0.4 is 11.3 Å². The van der Waals surface area contributed by atoms with E-state index in [2.05, 4.69) is 27.4 Å². The second-order valence-corrected chi connectivity index (χ2v) is 6.14. The molecule has 1 atom stereocenters. The lowest BCUT2D eigenvalue weighted by atomic mass is 10.0. The minimum atomic E-state index is -0.102. The van der Waals surface area contributed by atoms with Crippen molar-refractivity contribution in [1.29, 1.82) is 0 Å². The van der Waals surface area contributed by atoms with E-state index < -0.39 is 0 Å². The Morgan fingerprint density at radius 2 is 2.00 bits per heavy atom. The first-order valence-corrected chi connectivity index (χ1v) is 7.73. The second kappa shape index (κ2) is 6.20. The van der Waals surface area contributed by atoms with Crippen molar-refractivity contribution >= 4 is 38.5 Å². The summed E-state index contributed by atoms with van der Waals surface area (Å²) in [7, 11) is 0. The molecular formula is C16H14BrClN2O. The third-order valence-corrected chi connectivity index (χ3v) is 4.43. The Labute approximate surface area is 136 Å². The molecule has 0 saturated heterocycles. The SMILES string of the molecule is NNC(Cc1ccccc1Br)c1cc2cc(Cl)ccc2o1. The molecular weight excluding hydrogens is 352 g/mol. The summed E-state index contributed by atoms with van der Waals surface area (Å²) in [5, 5.41) is 1.67. The molecule has 3 aromatic rings. The monoisotopic (exact) mass is 364 g/mol. The smallest absolute Gasteiger partial charge is 0.134 e. The maximum absolute atomic E-state index is 6.00. The van der Waals surface area contributed by atoms with Gasteiger partial charge in [0, 0.05) is 14.9 Å². The lowest BCUT2D eigenvalue weighted by Gasteiger charge is -2.14. The maximum atomic E-state index is 6.00. The fourth-order valence-electron chi connectivity index (χ4n) is 2.33. The van der Waals surface area contributed by atoms with Crippen LogP contribution in [0.1, 0.15) is 17.4 Å². The Bertz CT molecular complexity index is 772. The number of hydrogen-bond donors (Lipinski definition) is 2. The summed E-state index contributed by atoms with van der Waals surface area (Å²) in [6, 6.07) is 15.5. The molecule has 21 heavy (non-hydrogen) atoms. The fourth-order valence-corrected chi connectivity index (χ4v) is 2.96. The largest absolute Gasteiger partial charge is 0.459 e. The van der Waals surface area contributed by atoms with Crippen LogP contribution in [0.4, 0.5) is 0 Å². The summed E-state index contributed by atoms with van der Waals surface area (Å²) in [5.74, 6) is 6.50. The summed E-state index contributed by atoms with van der Waals surface area (Å²) in [6.45, 7) is 0. The quantitative estimate of drug-likeness (QED) is 0.525. The third kappa shape index (κ3) is 3.14. The van der Waals surface area contributed by atoms with Gasteiger partial charge in [0.05, 0.1) is 6.04 Å². The predicted octanol–water partition coefficient (Wildman–Crippen LogP) is 4.60. The second-order valence-electron chi connectivity index (χ2n) is 4.85. The van der Waals surface area contributed by atoms with Crippen LogP contribution in [-0.2, 0) is 6.42 Å². The molecule has 3 nitrogen and oxygen atoms in total. The fraction of sp³-hybridized carbons (Fsp3) is 0.125. The number of halogens is 2. The van der Waals surface area contributed by atoms with Crippen molar-refractivity contribution in [2.45, 2.75) is 12.5 Å². The average molecular weight is 366 g/mol. The van der Waals surface area contributed by atoms with Crippen LogP contribution in [0.3, 0.4) is 0 Å². The van der Waals surface area contributed by atoms with Gasteiger partial charge >= 0.3 is 0 Å². The normalized spacial score (nSPS) is 12.7. The lowest BCUT2D eigenvalue weighted by Crippen LogP contribution is -2.29. The third-order valence-electron chi connectivity index (χ3n) is 3.42. The summed E-state index contributed by atoms with van der Waals surface area (Å²) >= 11 is 9.56. The number of benzene rings is 2. The van der Waals surface area contributed by atoms with E-state index in [9.17, 15) is 0 Å². The van der Waals surface area contributed by atoms with Crippen LogP contribution in [0.25, 0.3) is 11.0 Å². The van der Waals surface area contributed by atoms with Gasteiger partial charge < -0.3 is 4.42 Å². The van der Waals surface area contributed by atoms with Crippen molar-refractivity contribution in [3.8, 4) is 0 Å². The molecule has 0 bridgehead atoms. The zero-order valence-corrected chi connectivity index (χ0v) is 13.5. The van der Waals surface area contributed by atoms with E-state index in [4.69, 9.17) is 21.9 Å². The van der Waals surface area contributed by atoms with Crippen molar-refractivity contribution in [1.82, 2.24) is 5.43 Å². The van der Waals surface area contributed by atoms with Gasteiger partial charge in [0.25, 0.3) is 0 Å². The first-order valence-electron chi connectivity index (χ1n) is 6.56. The van der Waals surface area contributed by atoms with Crippen LogP contribution in [0, 0.1) is 0 Å². The van der Waals surface area contributed by atoms with Gasteiger partial charge in [-0.3, -0.25) is 5.84 Å². The van der Waals surface area contributed by atoms with Crippen LogP contribution in [0.5, 0.6) is 0 Å². The first kappa shape index (κ1) is 14.6. The number of nitrogens with one attached hydrogen (secondary N) is 1. The summed E-state index contributed by atoms with van der Waals surface area (Å²) < 4.78 is 6.93. The minimum absolute atomic E-state index is 0.102. The van der Waals surface area contributed by atoms with E-state index in [1.54, 1.807) is 0 Å². The molecule has 1 unspecified atom stereocenters. The minimum Gasteiger partial charge on any atom is -0.459 e. The molecule has 0 fully saturated rings. The van der Waals surface area contributed by atoms with Gasteiger partial charge in [-0.05, 0) is 42.3 Å². The van der Waals surface area contributed by atoms with Gasteiger partial charge in [0.1, 0.15) is 11.3 Å². The van der Waals surface area contributed by atoms with E-state index in [-0.39, 0.29) is 6.04 Å². The van der Waals surface area contributed by atoms with Gasteiger partial charge in [-0.1, -0.05) is 45.7 Å². The van der Waals surface area contributed by atoms with Crippen LogP contribution in [0.15, 0.2) is 57.4 Å². The standard InChI is InChI=1S/C16H14BrClN2O/c17-13-4-2-1-3-10(13)8-14(20-19)16-9-11-7-12(18)5-6-15(11)21-16/h1-7,9,14,20H,8,19H2. The van der Waals surface area contributed by atoms with Crippen LogP contribution in [-0.4, -0.2) is 0 Å². The summed E-state index contributed by atoms with van der Waals surface area (Å²) in [5.41, 5.74) is 4.79. The van der Waals surface area contributed by atoms with Crippen molar-refractivity contribution in [2.24, 2.45) is 5.84 Å². The number of furan rings is 1. The lowest BCUT2D eigenvalue weighted by molar-refractivity contribution is 0.434. The number of nitrogens with two attached hydrogens (primary N) is 1. The summed E-state index contributed by atoms with van der Waals surface area (Å²) in [6.07, 6.45) is 0.728. The van der Waals surface area contributed by atoms with E-state index in [0.29, 0.717) is 5.02 Å². The van der Waals surface area contributed by atoms with Gasteiger partial charge in [-0.25, -0.2) is 5.43 Å². The van der Waals surface area contributed by atoms with Crippen molar-refractivity contribution in [3.05, 3.63) is 69.3 Å². The molecule has 2 aromatic carbocycles. The van der Waals surface area contributed by atoms with Gasteiger partial charge in [0.2, 0.25) is 0 Å². The van der Waals surface area contributed by atoms with Gasteiger partial charge in [-0.2, -0.15) is 0 Å². The number of hydrazine groups is 1. The topological polar surface area (TPSA) is 51.2 Å². The van der Waals surface area contributed by atoms with Crippen molar-refractivity contribution < 1.29 is 4.42 Å². The molecule has 1 heterocycles. The highest BCUT2D eigenvalue weighted by Crippen LogP contribution is 2.29. The van der Waals surface area contributed by atoms with E-state index in [1.807, 2.05) is 42.5 Å².